The molecule has 0 saturated heterocycles. The molecule has 162 valence electrons. The molecule has 4 nitrogen and oxygen atoms in total. The molecule has 0 N–H and O–H groups in total. The Hall–Kier alpha value is -2.87. The van der Waals surface area contributed by atoms with Crippen LogP contribution in [0.3, 0.4) is 0 Å². The third-order valence-corrected chi connectivity index (χ3v) is 5.34. The van der Waals surface area contributed by atoms with E-state index < -0.39 is 11.7 Å². The smallest absolute Gasteiger partial charge is 0.416 e. The maximum atomic E-state index is 12.7. The molecule has 0 aliphatic carbocycles. The molecule has 2 aromatic carbocycles. The average Bonchev–Trinajstić information content (AvgIpc) is 2.72. The molecule has 0 unspecified atom stereocenters. The van der Waals surface area contributed by atoms with Crippen LogP contribution in [-0.4, -0.2) is 15.8 Å². The second kappa shape index (κ2) is 9.51. The molecule has 0 fully saturated rings. The summed E-state index contributed by atoms with van der Waals surface area (Å²) in [6.45, 7) is 5.49. The Morgan fingerprint density at radius 1 is 1.03 bits per heavy atom. The van der Waals surface area contributed by atoms with E-state index in [9.17, 15) is 18.0 Å². The van der Waals surface area contributed by atoms with Crippen LogP contribution in [0.5, 0.6) is 11.6 Å². The quantitative estimate of drug-likeness (QED) is 0.224. The lowest BCUT2D eigenvalue weighted by Crippen LogP contribution is -2.04. The summed E-state index contributed by atoms with van der Waals surface area (Å²) in [6.07, 6.45) is -4.35. The Kier molecular flexibility index (Phi) is 7.00. The van der Waals surface area contributed by atoms with E-state index in [4.69, 9.17) is 4.74 Å². The Morgan fingerprint density at radius 2 is 1.68 bits per heavy atom. The monoisotopic (exact) mass is 446 g/mol. The minimum Gasteiger partial charge on any atom is -0.439 e. The predicted octanol–water partition coefficient (Wildman–Crippen LogP) is 6.91. The lowest BCUT2D eigenvalue weighted by atomic mass is 10.1. The number of hydrogen-bond donors (Lipinski definition) is 0. The number of benzene rings is 2. The molecule has 0 aliphatic rings. The first-order valence-corrected chi connectivity index (χ1v) is 10.6. The van der Waals surface area contributed by atoms with Gasteiger partial charge in [-0.3, -0.25) is 4.79 Å². The van der Waals surface area contributed by atoms with Crippen LogP contribution in [0.2, 0.25) is 0 Å². The van der Waals surface area contributed by atoms with Crippen molar-refractivity contribution >= 4 is 17.5 Å². The molecule has 31 heavy (non-hydrogen) atoms. The van der Waals surface area contributed by atoms with Gasteiger partial charge in [0.15, 0.2) is 10.9 Å². The number of Topliss-reactive ketones (excluding diaryl/α,β-unsaturated/α-hetero) is 1. The van der Waals surface area contributed by atoms with Gasteiger partial charge < -0.3 is 4.74 Å². The van der Waals surface area contributed by atoms with Gasteiger partial charge in [0.2, 0.25) is 5.88 Å². The summed E-state index contributed by atoms with van der Waals surface area (Å²) in [6, 6.07) is 13.6. The molecule has 1 heterocycles. The molecule has 8 heteroatoms. The maximum Gasteiger partial charge on any atom is 0.416 e. The number of alkyl halides is 3. The van der Waals surface area contributed by atoms with Gasteiger partial charge in [0.05, 0.1) is 11.3 Å². The summed E-state index contributed by atoms with van der Waals surface area (Å²) in [5.74, 6) is 1.43. The number of halogens is 3. The summed E-state index contributed by atoms with van der Waals surface area (Å²) >= 11 is 1.32. The predicted molar refractivity (Wildman–Crippen MR) is 114 cm³/mol. The molecule has 3 rings (SSSR count). The van der Waals surface area contributed by atoms with Crippen LogP contribution in [0.15, 0.2) is 59.8 Å². The lowest BCUT2D eigenvalue weighted by Gasteiger charge is -2.11. The number of aromatic nitrogens is 2. The molecular weight excluding hydrogens is 425 g/mol. The van der Waals surface area contributed by atoms with Crippen molar-refractivity contribution in [3.8, 4) is 11.6 Å². The van der Waals surface area contributed by atoms with Crippen molar-refractivity contribution in [3.05, 3.63) is 77.0 Å². The zero-order chi connectivity index (χ0) is 22.6. The van der Waals surface area contributed by atoms with Crippen LogP contribution < -0.4 is 4.74 Å². The van der Waals surface area contributed by atoms with Gasteiger partial charge in [0.25, 0.3) is 0 Å². The molecule has 0 atom stereocenters. The van der Waals surface area contributed by atoms with Crippen LogP contribution in [0.25, 0.3) is 0 Å². The molecule has 0 bridgehead atoms. The van der Waals surface area contributed by atoms with Crippen molar-refractivity contribution in [1.29, 1.82) is 0 Å². The van der Waals surface area contributed by atoms with Gasteiger partial charge in [-0.25, -0.2) is 4.98 Å². The van der Waals surface area contributed by atoms with E-state index in [1.165, 1.54) is 30.8 Å². The van der Waals surface area contributed by atoms with Gasteiger partial charge >= 0.3 is 6.18 Å². The van der Waals surface area contributed by atoms with Crippen LogP contribution in [0.1, 0.15) is 53.9 Å². The topological polar surface area (TPSA) is 52.1 Å². The minimum absolute atomic E-state index is 0.0300. The summed E-state index contributed by atoms with van der Waals surface area (Å²) in [4.78, 5) is 20.4. The highest BCUT2D eigenvalue weighted by atomic mass is 32.2. The third kappa shape index (κ3) is 6.30. The maximum absolute atomic E-state index is 12.7. The first-order chi connectivity index (χ1) is 14.6. The summed E-state index contributed by atoms with van der Waals surface area (Å²) < 4.78 is 44.0. The Morgan fingerprint density at radius 3 is 2.23 bits per heavy atom. The highest BCUT2D eigenvalue weighted by Crippen LogP contribution is 2.31. The van der Waals surface area contributed by atoms with Crippen molar-refractivity contribution in [2.75, 3.05) is 0 Å². The molecule has 0 saturated carbocycles. The third-order valence-electron chi connectivity index (χ3n) is 4.43. The Bertz CT molecular complexity index is 1050. The van der Waals surface area contributed by atoms with E-state index in [0.717, 1.165) is 23.4 Å². The highest BCUT2D eigenvalue weighted by molar-refractivity contribution is 7.98. The van der Waals surface area contributed by atoms with E-state index in [-0.39, 0.29) is 11.7 Å². The first-order valence-electron chi connectivity index (χ1n) is 9.58. The summed E-state index contributed by atoms with van der Waals surface area (Å²) in [5.41, 5.74) is 1.44. The Balaban J connectivity index is 1.76. The van der Waals surface area contributed by atoms with Crippen LogP contribution in [0, 0.1) is 0 Å². The first kappa shape index (κ1) is 22.8. The molecule has 0 radical (unpaired) electrons. The lowest BCUT2D eigenvalue weighted by molar-refractivity contribution is -0.137. The van der Waals surface area contributed by atoms with Gasteiger partial charge in [-0.05, 0) is 54.8 Å². The van der Waals surface area contributed by atoms with Gasteiger partial charge in [0.1, 0.15) is 5.75 Å². The molecule has 0 spiro atoms. The van der Waals surface area contributed by atoms with E-state index in [1.807, 2.05) is 13.8 Å². The van der Waals surface area contributed by atoms with Crippen molar-refractivity contribution in [3.63, 3.8) is 0 Å². The van der Waals surface area contributed by atoms with E-state index in [0.29, 0.717) is 28.1 Å². The summed E-state index contributed by atoms with van der Waals surface area (Å²) in [7, 11) is 0. The summed E-state index contributed by atoms with van der Waals surface area (Å²) in [5, 5.41) is 0.474. The van der Waals surface area contributed by atoms with Crippen molar-refractivity contribution in [1.82, 2.24) is 9.97 Å². The van der Waals surface area contributed by atoms with E-state index >= 15 is 0 Å². The SMILES string of the molecule is CC(=O)c1ccc(Oc2cc(C(C)C)nc(SCc3ccc(C(F)(F)F)cc3)n2)cc1. The number of ketones is 1. The number of thioether (sulfide) groups is 1. The number of nitrogens with zero attached hydrogens (tertiary/aromatic N) is 2. The fourth-order valence-corrected chi connectivity index (χ4v) is 3.46. The number of hydrogen-bond acceptors (Lipinski definition) is 5. The zero-order valence-corrected chi connectivity index (χ0v) is 18.1. The van der Waals surface area contributed by atoms with Crippen LogP contribution >= 0.6 is 11.8 Å². The molecule has 0 amide bonds. The Labute approximate surface area is 182 Å². The van der Waals surface area contributed by atoms with Crippen molar-refractivity contribution < 1.29 is 22.7 Å². The second-order valence-corrected chi connectivity index (χ2v) is 8.18. The second-order valence-electron chi connectivity index (χ2n) is 7.23. The minimum atomic E-state index is -4.35. The zero-order valence-electron chi connectivity index (χ0n) is 17.2. The number of carbonyl (C=O) groups is 1. The molecule has 0 aliphatic heterocycles. The van der Waals surface area contributed by atoms with Crippen molar-refractivity contribution in [2.24, 2.45) is 0 Å². The number of ether oxygens (including phenoxy) is 1. The number of carbonyl (C=O) groups excluding carboxylic acids is 1. The van der Waals surface area contributed by atoms with Crippen LogP contribution in [-0.2, 0) is 11.9 Å². The van der Waals surface area contributed by atoms with Gasteiger partial charge in [-0.1, -0.05) is 37.7 Å². The van der Waals surface area contributed by atoms with Crippen LogP contribution in [0.4, 0.5) is 13.2 Å². The normalized spacial score (nSPS) is 11.6. The number of rotatable bonds is 7. The van der Waals surface area contributed by atoms with E-state index in [2.05, 4.69) is 9.97 Å². The van der Waals surface area contributed by atoms with Gasteiger partial charge in [-0.2, -0.15) is 18.2 Å². The standard InChI is InChI=1S/C23H21F3N2O2S/c1-14(2)20-12-21(30-19-10-6-17(7-11-19)15(3)29)28-22(27-20)31-13-16-4-8-18(9-5-16)23(24,25)26/h4-12,14H,13H2,1-3H3. The average molecular weight is 446 g/mol. The molecule has 1 aromatic heterocycles. The highest BCUT2D eigenvalue weighted by Gasteiger charge is 2.29. The fourth-order valence-electron chi connectivity index (χ4n) is 2.65. The van der Waals surface area contributed by atoms with Crippen molar-refractivity contribution in [2.45, 2.75) is 43.8 Å². The van der Waals surface area contributed by atoms with Gasteiger partial charge in [0, 0.05) is 17.4 Å². The van der Waals surface area contributed by atoms with E-state index in [1.54, 1.807) is 30.3 Å². The fraction of sp³-hybridized carbons (Fsp3) is 0.261. The molecule has 3 aromatic rings. The largest absolute Gasteiger partial charge is 0.439 e. The van der Waals surface area contributed by atoms with Gasteiger partial charge in [-0.15, -0.1) is 0 Å². The molecular formula is C23H21F3N2O2S.